The number of aliphatic imine (C=N–C) groups is 1. The number of carbonyl (C=O) groups excluding carboxylic acids is 1. The van der Waals surface area contributed by atoms with Crippen LogP contribution >= 0.6 is 0 Å². The molecule has 1 aliphatic rings. The third-order valence-corrected chi connectivity index (χ3v) is 4.05. The average molecular weight is 317 g/mol. The first-order valence-electron chi connectivity index (χ1n) is 8.25. The highest BCUT2D eigenvalue weighted by molar-refractivity contribution is 5.80. The number of ether oxygens (including phenoxy) is 1. The molecule has 5 nitrogen and oxygen atoms in total. The van der Waals surface area contributed by atoms with E-state index in [1.807, 2.05) is 19.9 Å². The van der Waals surface area contributed by atoms with E-state index < -0.39 is 0 Å². The minimum atomic E-state index is -0.189. The van der Waals surface area contributed by atoms with Crippen molar-refractivity contribution in [3.8, 4) is 0 Å². The molecular weight excluding hydrogens is 290 g/mol. The molecule has 5 heteroatoms. The van der Waals surface area contributed by atoms with Crippen molar-refractivity contribution in [1.29, 1.82) is 0 Å². The van der Waals surface area contributed by atoms with Crippen molar-refractivity contribution in [2.75, 3.05) is 20.1 Å². The Bertz CT molecular complexity index is 536. The minimum Gasteiger partial charge on any atom is -0.463 e. The zero-order valence-corrected chi connectivity index (χ0v) is 14.3. The Morgan fingerprint density at radius 3 is 2.52 bits per heavy atom. The molecule has 1 fully saturated rings. The van der Waals surface area contributed by atoms with Gasteiger partial charge in [0.15, 0.2) is 5.96 Å². The first-order chi connectivity index (χ1) is 11.1. The van der Waals surface area contributed by atoms with Crippen LogP contribution < -0.4 is 10.6 Å². The monoisotopic (exact) mass is 317 g/mol. The van der Waals surface area contributed by atoms with Gasteiger partial charge >= 0.3 is 5.97 Å². The maximum absolute atomic E-state index is 11.5. The van der Waals surface area contributed by atoms with Crippen molar-refractivity contribution in [2.45, 2.75) is 44.6 Å². The van der Waals surface area contributed by atoms with Gasteiger partial charge in [0, 0.05) is 25.6 Å². The number of guanidine groups is 1. The molecule has 2 rings (SSSR count). The summed E-state index contributed by atoms with van der Waals surface area (Å²) in [6, 6.07) is 10.6. The fourth-order valence-electron chi connectivity index (χ4n) is 2.59. The van der Waals surface area contributed by atoms with Crippen molar-refractivity contribution < 1.29 is 9.53 Å². The normalized spacial score (nSPS) is 16.1. The Balaban J connectivity index is 1.75. The number of hydrogen-bond donors (Lipinski definition) is 2. The van der Waals surface area contributed by atoms with Gasteiger partial charge in [-0.15, -0.1) is 0 Å². The zero-order valence-electron chi connectivity index (χ0n) is 14.3. The summed E-state index contributed by atoms with van der Waals surface area (Å²) in [5.41, 5.74) is 1.61. The van der Waals surface area contributed by atoms with Crippen LogP contribution in [-0.2, 0) is 14.9 Å². The summed E-state index contributed by atoms with van der Waals surface area (Å²) in [5, 5.41) is 6.54. The van der Waals surface area contributed by atoms with Crippen LogP contribution in [0.3, 0.4) is 0 Å². The third-order valence-electron chi connectivity index (χ3n) is 4.05. The largest absolute Gasteiger partial charge is 0.463 e. The fourth-order valence-corrected chi connectivity index (χ4v) is 2.59. The van der Waals surface area contributed by atoms with Crippen molar-refractivity contribution in [3.05, 3.63) is 35.9 Å². The molecule has 0 bridgehead atoms. The van der Waals surface area contributed by atoms with Crippen LogP contribution in [0.15, 0.2) is 35.3 Å². The maximum Gasteiger partial charge on any atom is 0.307 e. The van der Waals surface area contributed by atoms with Gasteiger partial charge in [-0.25, -0.2) is 0 Å². The molecule has 2 N–H and O–H groups in total. The van der Waals surface area contributed by atoms with Gasteiger partial charge in [0.05, 0.1) is 12.5 Å². The second-order valence-corrected chi connectivity index (χ2v) is 6.29. The lowest BCUT2D eigenvalue weighted by Crippen LogP contribution is -2.42. The summed E-state index contributed by atoms with van der Waals surface area (Å²) in [5.74, 6) is 0.537. The standard InChI is InChI=1S/C18H27N3O2/c1-14(2)23-16(22)9-12-20-17(19-3)21-13-18(10-11-18)15-7-5-4-6-8-15/h4-8,14H,9-13H2,1-3H3,(H2,19,20,21). The molecule has 126 valence electrons. The first kappa shape index (κ1) is 17.3. The highest BCUT2D eigenvalue weighted by Crippen LogP contribution is 2.47. The van der Waals surface area contributed by atoms with Gasteiger partial charge in [-0.2, -0.15) is 0 Å². The lowest BCUT2D eigenvalue weighted by atomic mass is 9.96. The van der Waals surface area contributed by atoms with Crippen molar-refractivity contribution in [1.82, 2.24) is 10.6 Å². The molecule has 1 saturated carbocycles. The first-order valence-corrected chi connectivity index (χ1v) is 8.25. The Labute approximate surface area is 138 Å². The number of carbonyl (C=O) groups is 1. The number of esters is 1. The van der Waals surface area contributed by atoms with Gasteiger partial charge in [0.25, 0.3) is 0 Å². The second kappa shape index (κ2) is 7.99. The van der Waals surface area contributed by atoms with Crippen LogP contribution in [0.1, 0.15) is 38.7 Å². The van der Waals surface area contributed by atoms with E-state index in [2.05, 4.69) is 39.9 Å². The number of nitrogens with one attached hydrogen (secondary N) is 2. The summed E-state index contributed by atoms with van der Waals surface area (Å²) in [6.45, 7) is 5.08. The molecule has 0 atom stereocenters. The summed E-state index contributed by atoms with van der Waals surface area (Å²) in [6.07, 6.45) is 2.66. The Morgan fingerprint density at radius 2 is 1.96 bits per heavy atom. The highest BCUT2D eigenvalue weighted by atomic mass is 16.5. The summed E-state index contributed by atoms with van der Waals surface area (Å²) in [4.78, 5) is 15.7. The van der Waals surface area contributed by atoms with Gasteiger partial charge in [-0.1, -0.05) is 30.3 Å². The van der Waals surface area contributed by atoms with Crippen LogP contribution in [0.2, 0.25) is 0 Å². The summed E-state index contributed by atoms with van der Waals surface area (Å²) < 4.78 is 5.11. The number of hydrogen-bond acceptors (Lipinski definition) is 3. The maximum atomic E-state index is 11.5. The van der Waals surface area contributed by atoms with Gasteiger partial charge < -0.3 is 15.4 Å². The highest BCUT2D eigenvalue weighted by Gasteiger charge is 2.43. The van der Waals surface area contributed by atoms with E-state index in [4.69, 9.17) is 4.74 Å². The van der Waals surface area contributed by atoms with E-state index in [-0.39, 0.29) is 17.5 Å². The van der Waals surface area contributed by atoms with E-state index in [9.17, 15) is 4.79 Å². The molecule has 0 heterocycles. The summed E-state index contributed by atoms with van der Waals surface area (Å²) >= 11 is 0. The molecule has 1 aliphatic carbocycles. The van der Waals surface area contributed by atoms with E-state index in [1.54, 1.807) is 7.05 Å². The van der Waals surface area contributed by atoms with Crippen molar-refractivity contribution in [3.63, 3.8) is 0 Å². The Kier molecular flexibility index (Phi) is 6.02. The Hall–Kier alpha value is -2.04. The lowest BCUT2D eigenvalue weighted by molar-refractivity contribution is -0.147. The van der Waals surface area contributed by atoms with Crippen LogP contribution in [0.5, 0.6) is 0 Å². The molecule has 23 heavy (non-hydrogen) atoms. The molecule has 0 radical (unpaired) electrons. The molecule has 0 aromatic heterocycles. The van der Waals surface area contributed by atoms with Crippen molar-refractivity contribution in [2.24, 2.45) is 4.99 Å². The zero-order chi connectivity index (χ0) is 16.7. The van der Waals surface area contributed by atoms with E-state index >= 15 is 0 Å². The predicted molar refractivity (Wildman–Crippen MR) is 92.6 cm³/mol. The molecule has 0 saturated heterocycles. The van der Waals surface area contributed by atoms with Gasteiger partial charge in [0.2, 0.25) is 0 Å². The minimum absolute atomic E-state index is 0.0689. The van der Waals surface area contributed by atoms with Crippen LogP contribution in [0.25, 0.3) is 0 Å². The quantitative estimate of drug-likeness (QED) is 0.460. The van der Waals surface area contributed by atoms with Gasteiger partial charge in [0.1, 0.15) is 0 Å². The smallest absolute Gasteiger partial charge is 0.307 e. The van der Waals surface area contributed by atoms with E-state index in [1.165, 1.54) is 18.4 Å². The summed E-state index contributed by atoms with van der Waals surface area (Å²) in [7, 11) is 1.74. The van der Waals surface area contributed by atoms with E-state index in [0.29, 0.717) is 13.0 Å². The predicted octanol–water partition coefficient (Wildman–Crippen LogP) is 2.22. The van der Waals surface area contributed by atoms with Gasteiger partial charge in [-0.05, 0) is 32.3 Å². The van der Waals surface area contributed by atoms with E-state index in [0.717, 1.165) is 12.5 Å². The molecule has 1 aromatic carbocycles. The van der Waals surface area contributed by atoms with Crippen LogP contribution in [0, 0.1) is 0 Å². The molecule has 0 aliphatic heterocycles. The van der Waals surface area contributed by atoms with Gasteiger partial charge in [-0.3, -0.25) is 9.79 Å². The topological polar surface area (TPSA) is 62.7 Å². The third kappa shape index (κ3) is 5.27. The molecule has 0 amide bonds. The number of rotatable bonds is 7. The van der Waals surface area contributed by atoms with Crippen molar-refractivity contribution >= 4 is 11.9 Å². The molecular formula is C18H27N3O2. The second-order valence-electron chi connectivity index (χ2n) is 6.29. The average Bonchev–Trinajstić information content (AvgIpc) is 3.32. The molecule has 0 unspecified atom stereocenters. The SMILES string of the molecule is CN=C(NCCC(=O)OC(C)C)NCC1(c2ccccc2)CC1. The number of benzene rings is 1. The van der Waals surface area contributed by atoms with Crippen LogP contribution in [0.4, 0.5) is 0 Å². The van der Waals surface area contributed by atoms with Crippen LogP contribution in [-0.4, -0.2) is 38.2 Å². The fraction of sp³-hybridized carbons (Fsp3) is 0.556. The molecule has 1 aromatic rings. The number of nitrogens with zero attached hydrogens (tertiary/aromatic N) is 1. The Morgan fingerprint density at radius 1 is 1.26 bits per heavy atom. The lowest BCUT2D eigenvalue weighted by Gasteiger charge is -2.19. The molecule has 0 spiro atoms.